The van der Waals surface area contributed by atoms with Crippen LogP contribution in [0.15, 0.2) is 0 Å². The van der Waals surface area contributed by atoms with E-state index in [1.807, 2.05) is 0 Å². The predicted octanol–water partition coefficient (Wildman–Crippen LogP) is 3.86. The van der Waals surface area contributed by atoms with Crippen molar-refractivity contribution in [2.75, 3.05) is 0 Å². The fraction of sp³-hybridized carbons (Fsp3) is 1.00. The van der Waals surface area contributed by atoms with Crippen LogP contribution in [0.1, 0.15) is 53.4 Å². The van der Waals surface area contributed by atoms with Crippen molar-refractivity contribution >= 4 is 0 Å². The van der Waals surface area contributed by atoms with Gasteiger partial charge < -0.3 is 0 Å². The van der Waals surface area contributed by atoms with E-state index in [1.54, 1.807) is 0 Å². The topological polar surface area (TPSA) is 0 Å². The lowest BCUT2D eigenvalue weighted by Gasteiger charge is -2.42. The third kappa shape index (κ3) is 0.843. The number of fused-ring (bicyclic) bond motifs is 2. The van der Waals surface area contributed by atoms with E-state index >= 15 is 0 Å². The molecule has 2 fully saturated rings. The van der Waals surface area contributed by atoms with Crippen LogP contribution >= 0.6 is 0 Å². The fourth-order valence-electron chi connectivity index (χ4n) is 4.42. The molecule has 3 atom stereocenters. The second kappa shape index (κ2) is 2.27. The maximum atomic E-state index is 2.52. The van der Waals surface area contributed by atoms with Crippen LogP contribution in [0.2, 0.25) is 0 Å². The molecule has 0 aliphatic heterocycles. The van der Waals surface area contributed by atoms with Crippen molar-refractivity contribution < 1.29 is 0 Å². The second-order valence-electron chi connectivity index (χ2n) is 5.88. The minimum Gasteiger partial charge on any atom is -0.0651 e. The Kier molecular flexibility index (Phi) is 1.63. The molecule has 0 N–H and O–H groups in total. The van der Waals surface area contributed by atoms with Gasteiger partial charge in [0.05, 0.1) is 0 Å². The summed E-state index contributed by atoms with van der Waals surface area (Å²) in [6.07, 6.45) is 5.90. The summed E-state index contributed by atoms with van der Waals surface area (Å²) in [5, 5.41) is 0. The standard InChI is InChI=1S/C12H22/c1-5-10-11(2,3)9-6-7-12(10,4)8-9/h9-10H,5-8H2,1-4H3. The largest absolute Gasteiger partial charge is 0.0651 e. The molecule has 2 bridgehead atoms. The number of rotatable bonds is 1. The Morgan fingerprint density at radius 3 is 2.25 bits per heavy atom. The van der Waals surface area contributed by atoms with E-state index in [4.69, 9.17) is 0 Å². The third-order valence-electron chi connectivity index (χ3n) is 4.98. The van der Waals surface area contributed by atoms with Crippen LogP contribution in [-0.2, 0) is 0 Å². The predicted molar refractivity (Wildman–Crippen MR) is 53.0 cm³/mol. The van der Waals surface area contributed by atoms with Gasteiger partial charge in [0, 0.05) is 0 Å². The van der Waals surface area contributed by atoms with Gasteiger partial charge in [0.2, 0.25) is 0 Å². The van der Waals surface area contributed by atoms with Crippen LogP contribution in [0.25, 0.3) is 0 Å². The highest BCUT2D eigenvalue weighted by molar-refractivity contribution is 5.07. The van der Waals surface area contributed by atoms with Gasteiger partial charge in [-0.3, -0.25) is 0 Å². The summed E-state index contributed by atoms with van der Waals surface area (Å²) < 4.78 is 0. The van der Waals surface area contributed by atoms with Gasteiger partial charge in [-0.05, 0) is 41.9 Å². The van der Waals surface area contributed by atoms with Crippen LogP contribution in [-0.4, -0.2) is 0 Å². The molecule has 0 saturated heterocycles. The van der Waals surface area contributed by atoms with Crippen LogP contribution in [0.3, 0.4) is 0 Å². The molecule has 70 valence electrons. The van der Waals surface area contributed by atoms with Crippen LogP contribution in [0, 0.1) is 22.7 Å². The summed E-state index contributed by atoms with van der Waals surface area (Å²) in [6.45, 7) is 9.89. The van der Waals surface area contributed by atoms with Crippen molar-refractivity contribution in [1.82, 2.24) is 0 Å². The Balaban J connectivity index is 2.31. The molecule has 0 amide bonds. The first kappa shape index (κ1) is 8.59. The van der Waals surface area contributed by atoms with Gasteiger partial charge in [-0.2, -0.15) is 0 Å². The Morgan fingerprint density at radius 1 is 1.25 bits per heavy atom. The van der Waals surface area contributed by atoms with Crippen molar-refractivity contribution in [2.24, 2.45) is 22.7 Å². The molecule has 2 aliphatic rings. The smallest absolute Gasteiger partial charge is 0.0290 e. The molecule has 12 heavy (non-hydrogen) atoms. The molecule has 0 heteroatoms. The van der Waals surface area contributed by atoms with E-state index in [2.05, 4.69) is 27.7 Å². The molecule has 0 heterocycles. The van der Waals surface area contributed by atoms with Gasteiger partial charge >= 0.3 is 0 Å². The van der Waals surface area contributed by atoms with E-state index in [1.165, 1.54) is 25.7 Å². The monoisotopic (exact) mass is 166 g/mol. The molecular weight excluding hydrogens is 144 g/mol. The minimum absolute atomic E-state index is 0.641. The Labute approximate surface area is 76.7 Å². The average Bonchev–Trinajstić information content (AvgIpc) is 2.39. The van der Waals surface area contributed by atoms with Crippen molar-refractivity contribution in [3.8, 4) is 0 Å². The zero-order valence-corrected chi connectivity index (χ0v) is 8.98. The van der Waals surface area contributed by atoms with Gasteiger partial charge in [-0.15, -0.1) is 0 Å². The number of hydrogen-bond donors (Lipinski definition) is 0. The van der Waals surface area contributed by atoms with Gasteiger partial charge in [0.15, 0.2) is 0 Å². The summed E-state index contributed by atoms with van der Waals surface area (Å²) >= 11 is 0. The Bertz CT molecular complexity index is 187. The fourth-order valence-corrected chi connectivity index (χ4v) is 4.42. The zero-order chi connectivity index (χ0) is 8.98. The molecule has 2 aliphatic carbocycles. The van der Waals surface area contributed by atoms with Gasteiger partial charge in [0.25, 0.3) is 0 Å². The summed E-state index contributed by atoms with van der Waals surface area (Å²) in [7, 11) is 0. The average molecular weight is 166 g/mol. The van der Waals surface area contributed by atoms with Crippen molar-refractivity contribution in [1.29, 1.82) is 0 Å². The van der Waals surface area contributed by atoms with Crippen molar-refractivity contribution in [3.63, 3.8) is 0 Å². The Hall–Kier alpha value is 0. The highest BCUT2D eigenvalue weighted by Crippen LogP contribution is 2.66. The molecule has 0 radical (unpaired) electrons. The van der Waals surface area contributed by atoms with E-state index in [0.29, 0.717) is 10.8 Å². The lowest BCUT2D eigenvalue weighted by molar-refractivity contribution is 0.0714. The molecular formula is C12H22. The first-order valence-corrected chi connectivity index (χ1v) is 5.50. The molecule has 0 aromatic carbocycles. The van der Waals surface area contributed by atoms with Crippen molar-refractivity contribution in [3.05, 3.63) is 0 Å². The van der Waals surface area contributed by atoms with Crippen molar-refractivity contribution in [2.45, 2.75) is 53.4 Å². The maximum Gasteiger partial charge on any atom is -0.0290 e. The molecule has 0 nitrogen and oxygen atoms in total. The van der Waals surface area contributed by atoms with Crippen LogP contribution in [0.4, 0.5) is 0 Å². The summed E-state index contributed by atoms with van der Waals surface area (Å²) in [5.41, 5.74) is 1.35. The van der Waals surface area contributed by atoms with Crippen LogP contribution < -0.4 is 0 Å². The van der Waals surface area contributed by atoms with E-state index in [0.717, 1.165) is 11.8 Å². The SMILES string of the molecule is CCC1C2(C)CCC(C2)C1(C)C. The first-order valence-electron chi connectivity index (χ1n) is 5.50. The molecule has 3 unspecified atom stereocenters. The number of hydrogen-bond acceptors (Lipinski definition) is 0. The molecule has 2 rings (SSSR count). The van der Waals surface area contributed by atoms with Gasteiger partial charge in [-0.25, -0.2) is 0 Å². The molecule has 0 spiro atoms. The molecule has 0 aromatic heterocycles. The zero-order valence-electron chi connectivity index (χ0n) is 8.98. The molecule has 0 aromatic rings. The Morgan fingerprint density at radius 2 is 1.92 bits per heavy atom. The van der Waals surface area contributed by atoms with E-state index < -0.39 is 0 Å². The summed E-state index contributed by atoms with van der Waals surface area (Å²) in [5.74, 6) is 2.02. The lowest BCUT2D eigenvalue weighted by atomic mass is 9.63. The minimum atomic E-state index is 0.641. The normalized spacial score (nSPS) is 50.0. The second-order valence-corrected chi connectivity index (χ2v) is 5.88. The highest BCUT2D eigenvalue weighted by atomic mass is 14.6. The maximum absolute atomic E-state index is 2.52. The first-order chi connectivity index (χ1) is 5.50. The van der Waals surface area contributed by atoms with E-state index in [9.17, 15) is 0 Å². The quantitative estimate of drug-likeness (QED) is 0.555. The lowest BCUT2D eigenvalue weighted by Crippen LogP contribution is -2.34. The van der Waals surface area contributed by atoms with Gasteiger partial charge in [-0.1, -0.05) is 34.1 Å². The van der Waals surface area contributed by atoms with Crippen LogP contribution in [0.5, 0.6) is 0 Å². The summed E-state index contributed by atoms with van der Waals surface area (Å²) in [4.78, 5) is 0. The molecule has 2 saturated carbocycles. The summed E-state index contributed by atoms with van der Waals surface area (Å²) in [6, 6.07) is 0. The third-order valence-corrected chi connectivity index (χ3v) is 4.98. The van der Waals surface area contributed by atoms with E-state index in [-0.39, 0.29) is 0 Å². The van der Waals surface area contributed by atoms with Gasteiger partial charge in [0.1, 0.15) is 0 Å². The highest BCUT2D eigenvalue weighted by Gasteiger charge is 2.57.